The summed E-state index contributed by atoms with van der Waals surface area (Å²) in [5.41, 5.74) is 2.45. The van der Waals surface area contributed by atoms with Gasteiger partial charge < -0.3 is 24.8 Å². The molecule has 7 nitrogen and oxygen atoms in total. The van der Waals surface area contributed by atoms with Crippen molar-refractivity contribution < 1.29 is 14.2 Å². The molecular formula is C23H22N4O3. The first-order valence-corrected chi connectivity index (χ1v) is 9.37. The standard InChI is InChI=1S/C23H22N4O3/c1-28-16-10-8-15(9-11-16)24-22-18-6-4-5-7-19(18)25-23(27-22)26-20-13-12-17(29-2)14-21(20)30-3/h4-14H,1-3H3,(H2,24,25,26,27). The summed E-state index contributed by atoms with van der Waals surface area (Å²) in [4.78, 5) is 9.35. The van der Waals surface area contributed by atoms with E-state index in [1.807, 2.05) is 60.7 Å². The third-order valence-electron chi connectivity index (χ3n) is 4.61. The maximum Gasteiger partial charge on any atom is 0.229 e. The van der Waals surface area contributed by atoms with Gasteiger partial charge in [-0.15, -0.1) is 0 Å². The summed E-state index contributed by atoms with van der Waals surface area (Å²) in [5, 5.41) is 7.54. The Hall–Kier alpha value is -4.00. The first-order valence-electron chi connectivity index (χ1n) is 9.37. The van der Waals surface area contributed by atoms with Crippen molar-refractivity contribution in [3.05, 3.63) is 66.7 Å². The molecule has 0 aliphatic carbocycles. The molecule has 1 heterocycles. The molecule has 1 aromatic heterocycles. The van der Waals surface area contributed by atoms with Gasteiger partial charge in [-0.25, -0.2) is 4.98 Å². The van der Waals surface area contributed by atoms with Gasteiger partial charge in [0, 0.05) is 17.1 Å². The van der Waals surface area contributed by atoms with Crippen LogP contribution in [0, 0.1) is 0 Å². The molecule has 0 saturated heterocycles. The van der Waals surface area contributed by atoms with Crippen molar-refractivity contribution in [2.45, 2.75) is 0 Å². The second-order valence-electron chi connectivity index (χ2n) is 6.46. The molecule has 0 bridgehead atoms. The van der Waals surface area contributed by atoms with E-state index in [0.717, 1.165) is 28.0 Å². The Balaban J connectivity index is 1.71. The lowest BCUT2D eigenvalue weighted by molar-refractivity contribution is 0.395. The average Bonchev–Trinajstić information content (AvgIpc) is 2.80. The van der Waals surface area contributed by atoms with Crippen molar-refractivity contribution in [2.24, 2.45) is 0 Å². The van der Waals surface area contributed by atoms with Crippen LogP contribution in [-0.4, -0.2) is 31.3 Å². The first kappa shape index (κ1) is 19.3. The fourth-order valence-electron chi connectivity index (χ4n) is 3.06. The number of hydrogen-bond acceptors (Lipinski definition) is 7. The minimum Gasteiger partial charge on any atom is -0.497 e. The molecule has 0 spiro atoms. The van der Waals surface area contributed by atoms with Gasteiger partial charge in [0.15, 0.2) is 0 Å². The highest BCUT2D eigenvalue weighted by molar-refractivity contribution is 5.92. The van der Waals surface area contributed by atoms with Crippen LogP contribution in [0.2, 0.25) is 0 Å². The Morgan fingerprint density at radius 1 is 0.700 bits per heavy atom. The molecule has 4 aromatic rings. The number of anilines is 4. The zero-order chi connectivity index (χ0) is 20.9. The van der Waals surface area contributed by atoms with Gasteiger partial charge in [-0.2, -0.15) is 4.98 Å². The maximum absolute atomic E-state index is 5.47. The molecule has 0 unspecified atom stereocenters. The molecule has 3 aromatic carbocycles. The summed E-state index contributed by atoms with van der Waals surface area (Å²) >= 11 is 0. The largest absolute Gasteiger partial charge is 0.497 e. The highest BCUT2D eigenvalue weighted by Gasteiger charge is 2.11. The maximum atomic E-state index is 5.47. The number of nitrogens with zero attached hydrogens (tertiary/aromatic N) is 2. The SMILES string of the molecule is COc1ccc(Nc2nc(Nc3ccc(OC)cc3OC)nc3ccccc23)cc1. The summed E-state index contributed by atoms with van der Waals surface area (Å²) < 4.78 is 16.0. The number of nitrogens with one attached hydrogen (secondary N) is 2. The average molecular weight is 402 g/mol. The molecule has 0 fully saturated rings. The Morgan fingerprint density at radius 2 is 1.43 bits per heavy atom. The molecule has 0 saturated carbocycles. The number of methoxy groups -OCH3 is 3. The number of benzene rings is 3. The summed E-state index contributed by atoms with van der Waals surface area (Å²) in [6, 6.07) is 21.0. The molecule has 30 heavy (non-hydrogen) atoms. The van der Waals surface area contributed by atoms with Crippen molar-refractivity contribution in [3.8, 4) is 17.2 Å². The predicted octanol–water partition coefficient (Wildman–Crippen LogP) is 5.14. The molecule has 152 valence electrons. The van der Waals surface area contributed by atoms with E-state index >= 15 is 0 Å². The topological polar surface area (TPSA) is 77.5 Å². The van der Waals surface area contributed by atoms with Gasteiger partial charge in [0.2, 0.25) is 5.95 Å². The van der Waals surface area contributed by atoms with Crippen LogP contribution in [0.15, 0.2) is 66.7 Å². The quantitative estimate of drug-likeness (QED) is 0.443. The van der Waals surface area contributed by atoms with Crippen molar-refractivity contribution in [1.82, 2.24) is 9.97 Å². The fraction of sp³-hybridized carbons (Fsp3) is 0.130. The minimum atomic E-state index is 0.452. The molecule has 0 radical (unpaired) electrons. The number of ether oxygens (including phenoxy) is 3. The molecule has 0 atom stereocenters. The van der Waals surface area contributed by atoms with Crippen LogP contribution >= 0.6 is 0 Å². The van der Waals surface area contributed by atoms with E-state index < -0.39 is 0 Å². The Kier molecular flexibility index (Phi) is 5.52. The second kappa shape index (κ2) is 8.57. The smallest absolute Gasteiger partial charge is 0.229 e. The normalized spacial score (nSPS) is 10.5. The summed E-state index contributed by atoms with van der Waals surface area (Å²) in [6.45, 7) is 0. The molecule has 4 rings (SSSR count). The van der Waals surface area contributed by atoms with E-state index in [1.165, 1.54) is 0 Å². The highest BCUT2D eigenvalue weighted by Crippen LogP contribution is 2.32. The van der Waals surface area contributed by atoms with Gasteiger partial charge in [-0.3, -0.25) is 0 Å². The predicted molar refractivity (Wildman–Crippen MR) is 119 cm³/mol. The zero-order valence-electron chi connectivity index (χ0n) is 17.0. The zero-order valence-corrected chi connectivity index (χ0v) is 17.0. The van der Waals surface area contributed by atoms with Crippen molar-refractivity contribution in [2.75, 3.05) is 32.0 Å². The van der Waals surface area contributed by atoms with Crippen molar-refractivity contribution >= 4 is 34.0 Å². The molecule has 2 N–H and O–H groups in total. The van der Waals surface area contributed by atoms with Crippen LogP contribution < -0.4 is 24.8 Å². The van der Waals surface area contributed by atoms with Crippen LogP contribution in [0.3, 0.4) is 0 Å². The summed E-state index contributed by atoms with van der Waals surface area (Å²) in [5.74, 6) is 3.28. The number of para-hydroxylation sites is 1. The van der Waals surface area contributed by atoms with Crippen LogP contribution in [-0.2, 0) is 0 Å². The number of fused-ring (bicyclic) bond motifs is 1. The molecule has 0 amide bonds. The molecule has 0 aliphatic heterocycles. The second-order valence-corrected chi connectivity index (χ2v) is 6.46. The van der Waals surface area contributed by atoms with Gasteiger partial charge in [0.05, 0.1) is 32.5 Å². The van der Waals surface area contributed by atoms with Crippen LogP contribution in [0.25, 0.3) is 10.9 Å². The molecule has 7 heteroatoms. The molecular weight excluding hydrogens is 380 g/mol. The van der Waals surface area contributed by atoms with Gasteiger partial charge in [-0.05, 0) is 48.5 Å². The van der Waals surface area contributed by atoms with Crippen molar-refractivity contribution in [3.63, 3.8) is 0 Å². The number of hydrogen-bond donors (Lipinski definition) is 2. The Labute approximate surface area is 174 Å². The Bertz CT molecular complexity index is 1160. The summed E-state index contributed by atoms with van der Waals surface area (Å²) in [7, 11) is 4.87. The van der Waals surface area contributed by atoms with Gasteiger partial charge in [0.1, 0.15) is 23.1 Å². The van der Waals surface area contributed by atoms with E-state index in [2.05, 4.69) is 15.6 Å². The third kappa shape index (κ3) is 4.05. The summed E-state index contributed by atoms with van der Waals surface area (Å²) in [6.07, 6.45) is 0. The van der Waals surface area contributed by atoms with E-state index in [1.54, 1.807) is 27.4 Å². The fourth-order valence-corrected chi connectivity index (χ4v) is 3.06. The van der Waals surface area contributed by atoms with E-state index in [9.17, 15) is 0 Å². The lowest BCUT2D eigenvalue weighted by atomic mass is 10.2. The number of rotatable bonds is 7. The minimum absolute atomic E-state index is 0.452. The lowest BCUT2D eigenvalue weighted by Crippen LogP contribution is -2.03. The lowest BCUT2D eigenvalue weighted by Gasteiger charge is -2.14. The number of aromatic nitrogens is 2. The first-order chi connectivity index (χ1) is 14.7. The third-order valence-corrected chi connectivity index (χ3v) is 4.61. The highest BCUT2D eigenvalue weighted by atomic mass is 16.5. The molecule has 0 aliphatic rings. The Morgan fingerprint density at radius 3 is 2.17 bits per heavy atom. The van der Waals surface area contributed by atoms with Crippen LogP contribution in [0.1, 0.15) is 0 Å². The van der Waals surface area contributed by atoms with Crippen molar-refractivity contribution in [1.29, 1.82) is 0 Å². The van der Waals surface area contributed by atoms with E-state index in [0.29, 0.717) is 23.3 Å². The van der Waals surface area contributed by atoms with Crippen LogP contribution in [0.4, 0.5) is 23.1 Å². The van der Waals surface area contributed by atoms with Crippen LogP contribution in [0.5, 0.6) is 17.2 Å². The monoisotopic (exact) mass is 402 g/mol. The van der Waals surface area contributed by atoms with E-state index in [4.69, 9.17) is 19.2 Å². The van der Waals surface area contributed by atoms with E-state index in [-0.39, 0.29) is 0 Å². The van der Waals surface area contributed by atoms with Gasteiger partial charge >= 0.3 is 0 Å². The van der Waals surface area contributed by atoms with Gasteiger partial charge in [-0.1, -0.05) is 12.1 Å². The van der Waals surface area contributed by atoms with Gasteiger partial charge in [0.25, 0.3) is 0 Å².